The largest absolute Gasteiger partial charge is 0.476 e. The van der Waals surface area contributed by atoms with Gasteiger partial charge in [0.05, 0.1) is 40.2 Å². The van der Waals surface area contributed by atoms with Gasteiger partial charge in [-0.3, -0.25) is 13.9 Å². The summed E-state index contributed by atoms with van der Waals surface area (Å²) < 4.78 is 41.1. The predicted octanol–water partition coefficient (Wildman–Crippen LogP) is 3.46. The van der Waals surface area contributed by atoms with Crippen LogP contribution in [0.1, 0.15) is 26.7 Å². The minimum atomic E-state index is -3.51. The van der Waals surface area contributed by atoms with Crippen molar-refractivity contribution in [1.82, 2.24) is 19.3 Å². The van der Waals surface area contributed by atoms with Crippen molar-refractivity contribution in [2.24, 2.45) is 13.0 Å². The lowest BCUT2D eigenvalue weighted by molar-refractivity contribution is 0.261. The van der Waals surface area contributed by atoms with E-state index in [4.69, 9.17) is 20.9 Å². The van der Waals surface area contributed by atoms with E-state index in [0.29, 0.717) is 58.9 Å². The van der Waals surface area contributed by atoms with E-state index in [1.54, 1.807) is 25.2 Å². The minimum Gasteiger partial charge on any atom is -0.476 e. The number of pyridine rings is 1. The lowest BCUT2D eigenvalue weighted by atomic mass is 10.2. The zero-order chi connectivity index (χ0) is 23.5. The fraction of sp³-hybridized carbons (Fsp3) is 0.381. The second kappa shape index (κ2) is 7.77. The highest BCUT2D eigenvalue weighted by atomic mass is 35.5. The van der Waals surface area contributed by atoms with Crippen LogP contribution < -0.4 is 15.1 Å². The number of aryl methyl sites for hydroxylation is 1. The van der Waals surface area contributed by atoms with E-state index in [1.807, 2.05) is 13.8 Å². The number of ether oxygens (including phenoxy) is 1. The third-order valence-electron chi connectivity index (χ3n) is 5.45. The van der Waals surface area contributed by atoms with E-state index in [1.165, 1.54) is 15.3 Å². The molecule has 5 rings (SSSR count). The highest BCUT2D eigenvalue weighted by Gasteiger charge is 2.36. The highest BCUT2D eigenvalue weighted by Crippen LogP contribution is 2.34. The molecular formula is C21H22ClN5O5S. The van der Waals surface area contributed by atoms with Gasteiger partial charge in [0.1, 0.15) is 5.02 Å². The molecule has 0 aliphatic heterocycles. The molecule has 3 heterocycles. The zero-order valence-electron chi connectivity index (χ0n) is 18.2. The van der Waals surface area contributed by atoms with Gasteiger partial charge >= 0.3 is 5.69 Å². The van der Waals surface area contributed by atoms with E-state index >= 15 is 0 Å². The third kappa shape index (κ3) is 3.84. The van der Waals surface area contributed by atoms with Crippen LogP contribution in [0.5, 0.6) is 5.88 Å². The number of benzene rings is 1. The Hall–Kier alpha value is -3.05. The number of aromatic nitrogens is 4. The van der Waals surface area contributed by atoms with Crippen molar-refractivity contribution in [2.75, 3.05) is 11.3 Å². The summed E-state index contributed by atoms with van der Waals surface area (Å²) in [5.41, 5.74) is 1.59. The standard InChI is InChI=1S/C21H22ClN5O5S/c1-11(2)10-31-20-15(22)6-12(9-23-20)27-17-8-18-14(7-16(17)26(3)21(27)28)19(24-32-18)25-33(29,30)13-4-5-13/h6-9,11,13H,4-5,10H2,1-3H3,(H,24,25). The lowest BCUT2D eigenvalue weighted by Gasteiger charge is -2.10. The molecule has 1 aliphatic carbocycles. The molecule has 10 nitrogen and oxygen atoms in total. The molecule has 1 fully saturated rings. The summed E-state index contributed by atoms with van der Waals surface area (Å²) in [5, 5.41) is 4.25. The molecule has 1 aliphatic rings. The SMILES string of the molecule is CC(C)COc1ncc(-n2c(=O)n(C)c3cc4c(NS(=O)(=O)C5CC5)noc4cc32)cc1Cl. The van der Waals surface area contributed by atoms with E-state index in [0.717, 1.165) is 0 Å². The molecule has 12 heteroatoms. The summed E-state index contributed by atoms with van der Waals surface area (Å²) in [4.78, 5) is 17.4. The number of nitrogens with zero attached hydrogens (tertiary/aromatic N) is 4. The number of rotatable bonds is 7. The Morgan fingerprint density at radius 2 is 2.03 bits per heavy atom. The van der Waals surface area contributed by atoms with Crippen LogP contribution in [0.25, 0.3) is 27.7 Å². The van der Waals surface area contributed by atoms with Crippen molar-refractivity contribution in [3.05, 3.63) is 39.9 Å². The molecular weight excluding hydrogens is 470 g/mol. The Kier molecular flexibility index (Phi) is 5.13. The summed E-state index contributed by atoms with van der Waals surface area (Å²) >= 11 is 6.36. The third-order valence-corrected chi connectivity index (χ3v) is 7.55. The Balaban J connectivity index is 1.59. The summed E-state index contributed by atoms with van der Waals surface area (Å²) in [6.07, 6.45) is 2.78. The summed E-state index contributed by atoms with van der Waals surface area (Å²) in [6, 6.07) is 4.94. The fourth-order valence-corrected chi connectivity index (χ4v) is 5.13. The van der Waals surface area contributed by atoms with Crippen LogP contribution in [-0.4, -0.2) is 39.5 Å². The van der Waals surface area contributed by atoms with Crippen molar-refractivity contribution in [3.63, 3.8) is 0 Å². The number of hydrogen-bond acceptors (Lipinski definition) is 7. The van der Waals surface area contributed by atoms with Crippen LogP contribution in [0.3, 0.4) is 0 Å². The quantitative estimate of drug-likeness (QED) is 0.420. The van der Waals surface area contributed by atoms with E-state index in [-0.39, 0.29) is 16.5 Å². The molecule has 0 saturated heterocycles. The van der Waals surface area contributed by atoms with Gasteiger partial charge in [-0.15, -0.1) is 0 Å². The van der Waals surface area contributed by atoms with Gasteiger partial charge in [0.15, 0.2) is 11.4 Å². The molecule has 0 atom stereocenters. The molecule has 174 valence electrons. The van der Waals surface area contributed by atoms with E-state index < -0.39 is 15.3 Å². The van der Waals surface area contributed by atoms with Crippen molar-refractivity contribution in [1.29, 1.82) is 0 Å². The number of hydrogen-bond donors (Lipinski definition) is 1. The average Bonchev–Trinajstić information content (AvgIpc) is 3.52. The monoisotopic (exact) mass is 491 g/mol. The summed E-state index contributed by atoms with van der Waals surface area (Å²) in [6.45, 7) is 4.51. The second-order valence-corrected chi connectivity index (χ2v) is 10.9. The molecule has 1 saturated carbocycles. The summed E-state index contributed by atoms with van der Waals surface area (Å²) in [5.74, 6) is 0.717. The molecule has 0 spiro atoms. The number of fused-ring (bicyclic) bond motifs is 2. The predicted molar refractivity (Wildman–Crippen MR) is 125 cm³/mol. The molecule has 4 aromatic rings. The van der Waals surface area contributed by atoms with Crippen LogP contribution in [0.4, 0.5) is 5.82 Å². The van der Waals surface area contributed by atoms with Gasteiger partial charge in [-0.25, -0.2) is 18.2 Å². The van der Waals surface area contributed by atoms with Crippen LogP contribution in [-0.2, 0) is 17.1 Å². The van der Waals surface area contributed by atoms with Gasteiger partial charge in [-0.2, -0.15) is 0 Å². The lowest BCUT2D eigenvalue weighted by Crippen LogP contribution is -2.21. The first-order valence-electron chi connectivity index (χ1n) is 10.5. The normalized spacial score (nSPS) is 14.5. The van der Waals surface area contributed by atoms with Gasteiger partial charge in [0.25, 0.3) is 0 Å². The number of nitrogens with one attached hydrogen (secondary N) is 1. The zero-order valence-corrected chi connectivity index (χ0v) is 19.8. The van der Waals surface area contributed by atoms with Gasteiger partial charge in [0, 0.05) is 13.1 Å². The first kappa shape index (κ1) is 21.8. The van der Waals surface area contributed by atoms with Gasteiger partial charge in [-0.1, -0.05) is 30.6 Å². The maximum absolute atomic E-state index is 13.1. The van der Waals surface area contributed by atoms with E-state index in [9.17, 15) is 13.2 Å². The maximum Gasteiger partial charge on any atom is 0.333 e. The smallest absolute Gasteiger partial charge is 0.333 e. The van der Waals surface area contributed by atoms with Crippen LogP contribution in [0.15, 0.2) is 33.7 Å². The first-order chi connectivity index (χ1) is 15.7. The number of anilines is 1. The first-order valence-corrected chi connectivity index (χ1v) is 12.4. The van der Waals surface area contributed by atoms with Crippen molar-refractivity contribution in [3.8, 4) is 11.6 Å². The highest BCUT2D eigenvalue weighted by molar-refractivity contribution is 7.93. The van der Waals surface area contributed by atoms with Crippen LogP contribution >= 0.6 is 11.6 Å². The number of imidazole rings is 1. The van der Waals surface area contributed by atoms with Crippen LogP contribution in [0, 0.1) is 5.92 Å². The number of sulfonamides is 1. The second-order valence-electron chi connectivity index (χ2n) is 8.58. The van der Waals surface area contributed by atoms with Gasteiger partial charge in [-0.05, 0) is 30.9 Å². The van der Waals surface area contributed by atoms with E-state index in [2.05, 4.69) is 14.9 Å². The Morgan fingerprint density at radius 3 is 2.70 bits per heavy atom. The van der Waals surface area contributed by atoms with Crippen LogP contribution in [0.2, 0.25) is 5.02 Å². The van der Waals surface area contributed by atoms with Gasteiger partial charge < -0.3 is 9.26 Å². The molecule has 1 aromatic carbocycles. The molecule has 3 aromatic heterocycles. The average molecular weight is 492 g/mol. The molecule has 33 heavy (non-hydrogen) atoms. The van der Waals surface area contributed by atoms with Crippen molar-refractivity contribution < 1.29 is 17.7 Å². The summed E-state index contributed by atoms with van der Waals surface area (Å²) in [7, 11) is -1.88. The minimum absolute atomic E-state index is 0.107. The Morgan fingerprint density at radius 1 is 1.27 bits per heavy atom. The van der Waals surface area contributed by atoms with Crippen molar-refractivity contribution in [2.45, 2.75) is 31.9 Å². The molecule has 0 radical (unpaired) electrons. The Bertz CT molecular complexity index is 1550. The Labute approximate surface area is 194 Å². The molecule has 0 unspecified atom stereocenters. The molecule has 0 bridgehead atoms. The number of halogens is 1. The van der Waals surface area contributed by atoms with Gasteiger partial charge in [0.2, 0.25) is 15.9 Å². The fourth-order valence-electron chi connectivity index (χ4n) is 3.57. The molecule has 1 N–H and O–H groups in total. The van der Waals surface area contributed by atoms with Crippen molar-refractivity contribution >= 4 is 49.4 Å². The molecule has 0 amide bonds. The topological polar surface area (TPSA) is 121 Å². The maximum atomic E-state index is 13.1.